The Morgan fingerprint density at radius 2 is 1.61 bits per heavy atom. The molecule has 0 amide bonds. The molecule has 0 aromatic carbocycles. The third kappa shape index (κ3) is 8.61. The van der Waals surface area contributed by atoms with Gasteiger partial charge in [-0.05, 0) is 53.3 Å². The number of alkyl halides is 2. The summed E-state index contributed by atoms with van der Waals surface area (Å²) in [6.45, 7) is 4.12. The molecule has 0 aliphatic carbocycles. The van der Waals surface area contributed by atoms with Crippen LogP contribution in [0.3, 0.4) is 0 Å². The number of carbonyl (C=O) groups is 2. The number of rotatable bonds is 13. The molecular formula is C22H34ClF2N4O10PS. The van der Waals surface area contributed by atoms with Crippen LogP contribution in [0.25, 0.3) is 0 Å². The van der Waals surface area contributed by atoms with Crippen molar-refractivity contribution in [2.24, 2.45) is 0 Å². The Hall–Kier alpha value is -1.82. The lowest BCUT2D eigenvalue weighted by atomic mass is 9.96. The van der Waals surface area contributed by atoms with Crippen molar-refractivity contribution in [3.05, 3.63) is 32.1 Å². The molecule has 0 spiro atoms. The van der Waals surface area contributed by atoms with Gasteiger partial charge in [0, 0.05) is 6.20 Å². The predicted octanol–water partition coefficient (Wildman–Crippen LogP) is 0.545. The molecule has 19 heteroatoms. The number of hydrogen-bond donors (Lipinski definition) is 5. The van der Waals surface area contributed by atoms with Crippen LogP contribution in [0.1, 0.15) is 47.8 Å². The number of aromatic amines is 1. The maximum Gasteiger partial charge on any atom is 0.330 e. The van der Waals surface area contributed by atoms with Crippen molar-refractivity contribution in [3.8, 4) is 0 Å². The zero-order valence-corrected chi connectivity index (χ0v) is 25.5. The molecule has 234 valence electrons. The Morgan fingerprint density at radius 3 is 2.05 bits per heavy atom. The lowest BCUT2D eigenvalue weighted by Crippen LogP contribution is -2.53. The first kappa shape index (κ1) is 35.4. The van der Waals surface area contributed by atoms with Gasteiger partial charge in [-0.2, -0.15) is 0 Å². The molecule has 1 aliphatic rings. The summed E-state index contributed by atoms with van der Waals surface area (Å²) in [5, 5.41) is 26.1. The molecule has 2 heterocycles. The average molecular weight is 651 g/mol. The van der Waals surface area contributed by atoms with Crippen LogP contribution in [0.4, 0.5) is 8.78 Å². The number of halogens is 3. The van der Waals surface area contributed by atoms with Crippen LogP contribution < -0.4 is 21.4 Å². The molecule has 0 unspecified atom stereocenters. The Labute approximate surface area is 243 Å². The van der Waals surface area contributed by atoms with Gasteiger partial charge in [-0.1, -0.05) is 11.6 Å². The van der Waals surface area contributed by atoms with E-state index in [1.807, 2.05) is 4.98 Å². The molecule has 0 saturated carbocycles. The van der Waals surface area contributed by atoms with Gasteiger partial charge in [0.05, 0.1) is 18.8 Å². The minimum absolute atomic E-state index is 0.495. The normalized spacial score (nSPS) is 24.6. The van der Waals surface area contributed by atoms with Gasteiger partial charge in [0.1, 0.15) is 29.3 Å². The molecule has 1 aromatic heterocycles. The molecule has 0 radical (unpaired) electrons. The van der Waals surface area contributed by atoms with Crippen molar-refractivity contribution in [1.82, 2.24) is 19.7 Å². The summed E-state index contributed by atoms with van der Waals surface area (Å²) in [6, 6.07) is -2.30. The van der Waals surface area contributed by atoms with Crippen molar-refractivity contribution in [1.29, 1.82) is 0 Å². The van der Waals surface area contributed by atoms with Gasteiger partial charge in [-0.15, -0.1) is 0 Å². The maximum absolute atomic E-state index is 14.5. The molecule has 1 fully saturated rings. The zero-order chi connectivity index (χ0) is 31.4. The van der Waals surface area contributed by atoms with Crippen LogP contribution in [-0.2, 0) is 40.1 Å². The van der Waals surface area contributed by atoms with Crippen LogP contribution in [0, 0.1) is 0 Å². The molecule has 41 heavy (non-hydrogen) atoms. The fraction of sp³-hybridized carbons (Fsp3) is 0.727. The van der Waals surface area contributed by atoms with Crippen molar-refractivity contribution in [2.45, 2.75) is 96.3 Å². The molecule has 1 saturated heterocycles. The highest BCUT2D eigenvalue weighted by molar-refractivity contribution is 8.10. The fourth-order valence-corrected chi connectivity index (χ4v) is 6.73. The first-order valence-electron chi connectivity index (χ1n) is 12.4. The van der Waals surface area contributed by atoms with E-state index in [2.05, 4.69) is 10.2 Å². The zero-order valence-electron chi connectivity index (χ0n) is 23.0. The maximum atomic E-state index is 14.5. The Bertz CT molecular complexity index is 1230. The van der Waals surface area contributed by atoms with E-state index in [1.165, 1.54) is 13.8 Å². The van der Waals surface area contributed by atoms with Gasteiger partial charge < -0.3 is 28.9 Å². The monoisotopic (exact) mass is 650 g/mol. The van der Waals surface area contributed by atoms with Gasteiger partial charge >= 0.3 is 17.6 Å². The molecule has 1 aliphatic heterocycles. The van der Waals surface area contributed by atoms with E-state index >= 15 is 0 Å². The van der Waals surface area contributed by atoms with Gasteiger partial charge in [0.15, 0.2) is 18.4 Å². The fourth-order valence-electron chi connectivity index (χ4n) is 3.63. The number of nitrogens with one attached hydrogen (secondary N) is 3. The number of nitrogens with zero attached hydrogens (tertiary/aromatic N) is 1. The van der Waals surface area contributed by atoms with E-state index in [9.17, 15) is 38.2 Å². The largest absolute Gasteiger partial charge is 0.462 e. The molecule has 14 nitrogen and oxygen atoms in total. The summed E-state index contributed by atoms with van der Waals surface area (Å²) >= 11 is 11.3. The van der Waals surface area contributed by atoms with E-state index in [0.717, 1.165) is 6.20 Å². The topological polar surface area (TPSA) is 190 Å². The number of esters is 2. The van der Waals surface area contributed by atoms with Crippen molar-refractivity contribution in [2.75, 3.05) is 6.61 Å². The summed E-state index contributed by atoms with van der Waals surface area (Å²) in [5.41, 5.74) is -5.11. The third-order valence-electron chi connectivity index (χ3n) is 5.63. The summed E-state index contributed by atoms with van der Waals surface area (Å²) in [4.78, 5) is 50.6. The highest BCUT2D eigenvalue weighted by Gasteiger charge is 2.61. The number of aromatic nitrogens is 2. The summed E-state index contributed by atoms with van der Waals surface area (Å²) in [5.74, 6) is -1.52. The molecule has 6 atom stereocenters. The highest BCUT2D eigenvalue weighted by Crippen LogP contribution is 2.46. The molecule has 2 rings (SSSR count). The summed E-state index contributed by atoms with van der Waals surface area (Å²) < 4.78 is 50.9. The molecule has 5 N–H and O–H groups in total. The second kappa shape index (κ2) is 14.1. The molecule has 1 aromatic rings. The van der Waals surface area contributed by atoms with Crippen molar-refractivity contribution < 1.29 is 47.3 Å². The Morgan fingerprint density at radius 1 is 1.12 bits per heavy atom. The summed E-state index contributed by atoms with van der Waals surface area (Å²) in [7, 11) is 0. The van der Waals surface area contributed by atoms with E-state index in [-0.39, 0.29) is 0 Å². The number of aliphatic hydroxyl groups excluding tert-OH is 2. The lowest BCUT2D eigenvalue weighted by molar-refractivity contribution is -0.191. The minimum Gasteiger partial charge on any atom is -0.462 e. The highest BCUT2D eigenvalue weighted by atomic mass is 35.5. The predicted molar refractivity (Wildman–Crippen MR) is 145 cm³/mol. The van der Waals surface area contributed by atoms with Crippen LogP contribution in [0.2, 0.25) is 5.02 Å². The first-order valence-corrected chi connectivity index (χ1v) is 15.5. The van der Waals surface area contributed by atoms with Crippen LogP contribution in [0.15, 0.2) is 15.8 Å². The summed E-state index contributed by atoms with van der Waals surface area (Å²) in [6.07, 6.45) is -10.2. The van der Waals surface area contributed by atoms with Gasteiger partial charge in [-0.25, -0.2) is 23.7 Å². The molecule has 0 bridgehead atoms. The van der Waals surface area contributed by atoms with E-state index in [4.69, 9.17) is 42.1 Å². The smallest absolute Gasteiger partial charge is 0.330 e. The molecular weight excluding hydrogens is 617 g/mol. The van der Waals surface area contributed by atoms with Gasteiger partial charge in [-0.3, -0.25) is 23.9 Å². The van der Waals surface area contributed by atoms with Crippen LogP contribution in [0.5, 0.6) is 0 Å². The van der Waals surface area contributed by atoms with Crippen molar-refractivity contribution in [3.63, 3.8) is 0 Å². The number of ether oxygens (including phenoxy) is 3. The first-order chi connectivity index (χ1) is 18.8. The number of aliphatic hydroxyl groups is 2. The number of H-pyrrole nitrogens is 1. The Balaban J connectivity index is 2.42. The third-order valence-corrected chi connectivity index (χ3v) is 8.80. The lowest BCUT2D eigenvalue weighted by Gasteiger charge is -2.35. The van der Waals surface area contributed by atoms with Gasteiger partial charge in [0.25, 0.3) is 12.0 Å². The van der Waals surface area contributed by atoms with E-state index < -0.39 is 96.1 Å². The second-order valence-corrected chi connectivity index (χ2v) is 13.7. The standard InChI is InChI=1S/C22H34ClF2N4O10PS/c1-9(2)37-18(33)11(5)27-40(41,28-12(6)19(34)38-10(3)4)36-8-22(20(24)25)15(31)14(30)17(39-22)29-7-13(23)16(32)26-21(29)35/h7,9-12,14-15,17,20,30-31H,8H2,1-6H3,(H,26,32,35)(H2,27,28,41)/t11-,12-,14+,15+,17+,22+/m0/s1. The second-order valence-electron chi connectivity index (χ2n) is 9.84. The number of hydrogen-bond acceptors (Lipinski definition) is 11. The van der Waals surface area contributed by atoms with Crippen LogP contribution >= 0.6 is 18.2 Å². The minimum atomic E-state index is -3.83. The SMILES string of the molecule is CC(C)OC(=O)[C@H](C)NP(=S)(N[C@@H](C)C(=O)OC(C)C)OC[C@@]1(C(F)F)O[C@@H](n2cc(Cl)c(=O)[nH]c2=O)[C@H](O)[C@H]1O. The van der Waals surface area contributed by atoms with E-state index in [0.29, 0.717) is 4.57 Å². The quantitative estimate of drug-likeness (QED) is 0.147. The van der Waals surface area contributed by atoms with Crippen LogP contribution in [-0.4, -0.2) is 86.8 Å². The van der Waals surface area contributed by atoms with Gasteiger partial charge in [0.2, 0.25) is 0 Å². The Kier molecular flexibility index (Phi) is 12.2. The average Bonchev–Trinajstić information content (AvgIpc) is 3.10. The van der Waals surface area contributed by atoms with E-state index in [1.54, 1.807) is 27.7 Å². The van der Waals surface area contributed by atoms with Crippen molar-refractivity contribution >= 4 is 41.9 Å². The number of carbonyl (C=O) groups excluding carboxylic acids is 2.